The molecule has 9 heteroatoms. The number of hydrogen-bond donors (Lipinski definition) is 1. The van der Waals surface area contributed by atoms with Crippen LogP contribution in [-0.2, 0) is 10.5 Å². The van der Waals surface area contributed by atoms with E-state index < -0.39 is 11.4 Å². The van der Waals surface area contributed by atoms with Crippen LogP contribution in [0.15, 0.2) is 47.6 Å². The van der Waals surface area contributed by atoms with Gasteiger partial charge in [0.25, 0.3) is 0 Å². The Hall–Kier alpha value is -1.73. The highest BCUT2D eigenvalue weighted by Gasteiger charge is 2.23. The molecule has 0 saturated heterocycles. The highest BCUT2D eigenvalue weighted by Crippen LogP contribution is 2.32. The first-order valence-electron chi connectivity index (χ1n) is 9.29. The van der Waals surface area contributed by atoms with E-state index in [1.54, 1.807) is 19.1 Å². The number of alkyl halides is 1. The molecule has 3 rings (SSSR count). The van der Waals surface area contributed by atoms with Crippen LogP contribution in [0.2, 0.25) is 10.0 Å². The molecule has 2 atom stereocenters. The number of rotatable bonds is 7. The number of aryl methyl sites for hydroxylation is 1. The molecule has 5 nitrogen and oxygen atoms in total. The normalized spacial score (nSPS) is 13.1. The van der Waals surface area contributed by atoms with Crippen molar-refractivity contribution < 1.29 is 4.79 Å². The van der Waals surface area contributed by atoms with E-state index in [1.165, 1.54) is 22.9 Å². The summed E-state index contributed by atoms with van der Waals surface area (Å²) >= 11 is 20.0. The molecule has 0 fully saturated rings. The molecule has 2 aromatic carbocycles. The van der Waals surface area contributed by atoms with Gasteiger partial charge >= 0.3 is 0 Å². The van der Waals surface area contributed by atoms with E-state index in [-0.39, 0.29) is 5.91 Å². The van der Waals surface area contributed by atoms with Crippen LogP contribution in [0, 0.1) is 6.92 Å². The second-order valence-corrected chi connectivity index (χ2v) is 9.34. The summed E-state index contributed by atoms with van der Waals surface area (Å²) in [5, 5.41) is 12.6. The number of benzene rings is 2. The number of amides is 1. The third-order valence-corrected chi connectivity index (χ3v) is 6.10. The molecule has 0 saturated carbocycles. The summed E-state index contributed by atoms with van der Waals surface area (Å²) in [6.07, 6.45) is 0. The second-order valence-electron chi connectivity index (χ2n) is 6.90. The molecule has 0 aliphatic carbocycles. The number of carbonyl (C=O) groups excluding carboxylic acids is 1. The third kappa shape index (κ3) is 5.49. The van der Waals surface area contributed by atoms with Gasteiger partial charge in [-0.05, 0) is 44.5 Å². The van der Waals surface area contributed by atoms with Gasteiger partial charge in [0.05, 0.1) is 16.8 Å². The second kappa shape index (κ2) is 10.1. The van der Waals surface area contributed by atoms with E-state index in [9.17, 15) is 4.79 Å². The Bertz CT molecular complexity index is 1050. The number of carbonyl (C=O) groups is 1. The first-order valence-corrected chi connectivity index (χ1v) is 11.5. The Morgan fingerprint density at radius 3 is 2.60 bits per heavy atom. The summed E-state index contributed by atoms with van der Waals surface area (Å²) in [4.78, 5) is 12.1. The minimum absolute atomic E-state index is 0.283. The zero-order valence-electron chi connectivity index (χ0n) is 16.7. The Morgan fingerprint density at radius 2 is 1.93 bits per heavy atom. The molecule has 1 N–H and O–H groups in total. The lowest BCUT2D eigenvalue weighted by Gasteiger charge is -2.18. The monoisotopic (exact) mass is 482 g/mol. The van der Waals surface area contributed by atoms with Crippen LogP contribution in [-0.4, -0.2) is 26.0 Å². The Kier molecular flexibility index (Phi) is 7.69. The molecule has 1 aromatic heterocycles. The van der Waals surface area contributed by atoms with Gasteiger partial charge in [-0.3, -0.25) is 9.36 Å². The minimum atomic E-state index is -0.655. The van der Waals surface area contributed by atoms with Gasteiger partial charge in [0.2, 0.25) is 5.91 Å². The summed E-state index contributed by atoms with van der Waals surface area (Å²) < 4.78 is 1.85. The van der Waals surface area contributed by atoms with Crippen LogP contribution in [0.5, 0.6) is 0 Å². The summed E-state index contributed by atoms with van der Waals surface area (Å²) in [7, 11) is 0. The largest absolute Gasteiger partial charge is 0.345 e. The summed E-state index contributed by atoms with van der Waals surface area (Å²) in [5.41, 5.74) is 3.06. The van der Waals surface area contributed by atoms with Crippen molar-refractivity contribution in [2.24, 2.45) is 0 Å². The first kappa shape index (κ1) is 22.9. The lowest BCUT2D eigenvalue weighted by atomic mass is 10.2. The average molecular weight is 484 g/mol. The average Bonchev–Trinajstić information content (AvgIpc) is 3.10. The molecule has 0 aliphatic rings. The molecule has 0 aliphatic heterocycles. The smallest absolute Gasteiger partial charge is 0.238 e. The molecule has 1 heterocycles. The van der Waals surface area contributed by atoms with Crippen molar-refractivity contribution in [3.05, 3.63) is 69.5 Å². The molecule has 2 unspecified atom stereocenters. The molecule has 158 valence electrons. The van der Waals surface area contributed by atoms with E-state index in [0.29, 0.717) is 32.5 Å². The lowest BCUT2D eigenvalue weighted by molar-refractivity contribution is -0.121. The lowest BCUT2D eigenvalue weighted by Crippen LogP contribution is -2.33. The van der Waals surface area contributed by atoms with E-state index in [1.807, 2.05) is 23.6 Å². The third-order valence-electron chi connectivity index (χ3n) is 4.37. The van der Waals surface area contributed by atoms with Crippen LogP contribution >= 0.6 is 46.6 Å². The van der Waals surface area contributed by atoms with Crippen LogP contribution in [0.3, 0.4) is 0 Å². The van der Waals surface area contributed by atoms with E-state index >= 15 is 0 Å². The number of hydrogen-bond acceptors (Lipinski definition) is 4. The zero-order valence-corrected chi connectivity index (χ0v) is 19.8. The quantitative estimate of drug-likeness (QED) is 0.332. The van der Waals surface area contributed by atoms with Crippen LogP contribution < -0.4 is 5.32 Å². The van der Waals surface area contributed by atoms with Gasteiger partial charge in [0.1, 0.15) is 5.38 Å². The fourth-order valence-corrected chi connectivity index (χ4v) is 4.34. The van der Waals surface area contributed by atoms with Crippen LogP contribution in [0.1, 0.15) is 36.8 Å². The number of nitrogens with zero attached hydrogens (tertiary/aromatic N) is 3. The number of aromatic nitrogens is 3. The van der Waals surface area contributed by atoms with Crippen molar-refractivity contribution >= 4 is 52.5 Å². The predicted octanol–water partition coefficient (Wildman–Crippen LogP) is 5.98. The van der Waals surface area contributed by atoms with Crippen molar-refractivity contribution in [1.82, 2.24) is 20.1 Å². The Balaban J connectivity index is 1.97. The zero-order chi connectivity index (χ0) is 21.8. The maximum absolute atomic E-state index is 12.1. The van der Waals surface area contributed by atoms with Gasteiger partial charge in [-0.1, -0.05) is 64.8 Å². The Labute approximate surface area is 195 Å². The Morgan fingerprint density at radius 1 is 1.17 bits per heavy atom. The molecule has 1 amide bonds. The fraction of sp³-hybridized carbons (Fsp3) is 0.286. The molecule has 0 spiro atoms. The predicted molar refractivity (Wildman–Crippen MR) is 124 cm³/mol. The van der Waals surface area contributed by atoms with Crippen molar-refractivity contribution in [3.8, 4) is 5.69 Å². The van der Waals surface area contributed by atoms with E-state index in [4.69, 9.17) is 34.8 Å². The highest BCUT2D eigenvalue weighted by atomic mass is 35.5. The topological polar surface area (TPSA) is 59.8 Å². The molecular weight excluding hydrogens is 463 g/mol. The van der Waals surface area contributed by atoms with Gasteiger partial charge in [0.15, 0.2) is 11.0 Å². The van der Waals surface area contributed by atoms with Crippen molar-refractivity contribution in [1.29, 1.82) is 0 Å². The molecule has 0 radical (unpaired) electrons. The minimum Gasteiger partial charge on any atom is -0.345 e. The maximum Gasteiger partial charge on any atom is 0.238 e. The van der Waals surface area contributed by atoms with Gasteiger partial charge in [0, 0.05) is 10.8 Å². The SMILES string of the molecule is Cc1cccc(CSc2nnc(C(C)NC(=O)C(C)Cl)n2-c2ccc(Cl)cc2Cl)c1. The van der Waals surface area contributed by atoms with E-state index in [0.717, 1.165) is 0 Å². The summed E-state index contributed by atoms with van der Waals surface area (Å²) in [5.74, 6) is 0.983. The van der Waals surface area contributed by atoms with E-state index in [2.05, 4.69) is 40.6 Å². The first-order chi connectivity index (χ1) is 14.3. The molecular formula is C21H21Cl3N4OS. The highest BCUT2D eigenvalue weighted by molar-refractivity contribution is 7.98. The number of thioether (sulfide) groups is 1. The number of nitrogens with one attached hydrogen (secondary N) is 1. The standard InChI is InChI=1S/C21H21Cl3N4OS/c1-12-5-4-6-15(9-12)11-30-21-27-26-19(14(3)25-20(29)13(2)22)28(21)18-8-7-16(23)10-17(18)24/h4-10,13-14H,11H2,1-3H3,(H,25,29). The number of halogens is 3. The van der Waals surface area contributed by atoms with Crippen LogP contribution in [0.25, 0.3) is 5.69 Å². The van der Waals surface area contributed by atoms with Crippen molar-refractivity contribution in [2.45, 2.75) is 43.1 Å². The van der Waals surface area contributed by atoms with Crippen molar-refractivity contribution in [2.75, 3.05) is 0 Å². The van der Waals surface area contributed by atoms with Gasteiger partial charge in [-0.15, -0.1) is 21.8 Å². The maximum atomic E-state index is 12.1. The fourth-order valence-electron chi connectivity index (χ4n) is 2.89. The van der Waals surface area contributed by atoms with Crippen LogP contribution in [0.4, 0.5) is 0 Å². The van der Waals surface area contributed by atoms with Gasteiger partial charge < -0.3 is 5.32 Å². The molecule has 0 bridgehead atoms. The molecule has 30 heavy (non-hydrogen) atoms. The van der Waals surface area contributed by atoms with Crippen molar-refractivity contribution in [3.63, 3.8) is 0 Å². The molecule has 3 aromatic rings. The summed E-state index contributed by atoms with van der Waals surface area (Å²) in [6, 6.07) is 13.1. The summed E-state index contributed by atoms with van der Waals surface area (Å²) in [6.45, 7) is 5.51. The van der Waals surface area contributed by atoms with Gasteiger partial charge in [-0.2, -0.15) is 0 Å². The van der Waals surface area contributed by atoms with Gasteiger partial charge in [-0.25, -0.2) is 0 Å².